The minimum absolute atomic E-state index is 0.165. The molecule has 0 bridgehead atoms. The van der Waals surface area contributed by atoms with Gasteiger partial charge in [-0.2, -0.15) is 5.10 Å². The van der Waals surface area contributed by atoms with Gasteiger partial charge in [0, 0.05) is 12.8 Å². The van der Waals surface area contributed by atoms with E-state index in [0.29, 0.717) is 24.0 Å². The maximum atomic E-state index is 12.6. The second kappa shape index (κ2) is 16.3. The Morgan fingerprint density at radius 3 is 2.49 bits per heavy atom. The van der Waals surface area contributed by atoms with E-state index in [-0.39, 0.29) is 18.4 Å². The number of rotatable bonds is 15. The van der Waals surface area contributed by atoms with Crippen LogP contribution in [0.3, 0.4) is 0 Å². The van der Waals surface area contributed by atoms with Gasteiger partial charge in [0.05, 0.1) is 24.8 Å². The van der Waals surface area contributed by atoms with Crippen molar-refractivity contribution in [2.45, 2.75) is 64.6 Å². The fourth-order valence-electron chi connectivity index (χ4n) is 4.36. The third-order valence-corrected chi connectivity index (χ3v) is 7.43. The molecular formula is C31H37N7O4S. The largest absolute Gasteiger partial charge is 0.450 e. The van der Waals surface area contributed by atoms with Crippen molar-refractivity contribution in [2.75, 3.05) is 17.2 Å². The zero-order valence-electron chi connectivity index (χ0n) is 24.3. The van der Waals surface area contributed by atoms with Crippen molar-refractivity contribution in [3.05, 3.63) is 94.1 Å². The highest BCUT2D eigenvalue weighted by Crippen LogP contribution is 2.19. The Labute approximate surface area is 255 Å². The van der Waals surface area contributed by atoms with Gasteiger partial charge in [-0.15, -0.1) is 15.3 Å². The summed E-state index contributed by atoms with van der Waals surface area (Å²) >= 11 is 1.45. The molecule has 4 N–H and O–H groups in total. The number of aryl methyl sites for hydroxylation is 2. The third-order valence-electron chi connectivity index (χ3n) is 6.52. The van der Waals surface area contributed by atoms with E-state index in [2.05, 4.69) is 36.3 Å². The number of aliphatic hydroxyl groups excluding tert-OH is 1. The van der Waals surface area contributed by atoms with Crippen LogP contribution in [-0.4, -0.2) is 50.3 Å². The topological polar surface area (TPSA) is 151 Å². The van der Waals surface area contributed by atoms with Crippen LogP contribution < -0.4 is 16.0 Å². The Morgan fingerprint density at radius 1 is 0.930 bits per heavy atom. The standard InChI is InChI=1S/C31H37N7O4S/c1-3-42-31(41)32-21(2)24-13-9-12-23(18-24)20-27(39)33-26-17-16-25(35-36-26)14-7-8-15-29-37-38-30(43-29)34-28(40)19-22-10-5-4-6-11-22/h4-6,9-13,16-18,21,28,40H,3,7-8,14-15,19-20H2,1-2H3,(H,32,41)(H,34,38)(H,33,36,39). The Morgan fingerprint density at radius 2 is 1.72 bits per heavy atom. The van der Waals surface area contributed by atoms with E-state index in [4.69, 9.17) is 4.74 Å². The van der Waals surface area contributed by atoms with Gasteiger partial charge in [-0.1, -0.05) is 65.9 Å². The monoisotopic (exact) mass is 603 g/mol. The molecule has 2 amide bonds. The maximum absolute atomic E-state index is 12.6. The van der Waals surface area contributed by atoms with Gasteiger partial charge in [-0.05, 0) is 61.9 Å². The summed E-state index contributed by atoms with van der Waals surface area (Å²) in [6, 6.07) is 20.7. The molecule has 0 fully saturated rings. The van der Waals surface area contributed by atoms with Crippen LogP contribution in [0, 0.1) is 0 Å². The molecule has 226 valence electrons. The molecule has 0 spiro atoms. The number of carbonyl (C=O) groups is 2. The summed E-state index contributed by atoms with van der Waals surface area (Å²) in [6.07, 6.45) is 2.81. The van der Waals surface area contributed by atoms with E-state index in [1.807, 2.05) is 67.6 Å². The van der Waals surface area contributed by atoms with E-state index >= 15 is 0 Å². The first-order chi connectivity index (χ1) is 20.9. The van der Waals surface area contributed by atoms with Gasteiger partial charge in [0.1, 0.15) is 11.2 Å². The summed E-state index contributed by atoms with van der Waals surface area (Å²) in [7, 11) is 0. The van der Waals surface area contributed by atoms with Crippen LogP contribution in [0.4, 0.5) is 15.7 Å². The fourth-order valence-corrected chi connectivity index (χ4v) is 5.19. The summed E-state index contributed by atoms with van der Waals surface area (Å²) in [5.74, 6) is 0.189. The summed E-state index contributed by atoms with van der Waals surface area (Å²) in [4.78, 5) is 24.3. The number of amides is 2. The van der Waals surface area contributed by atoms with Crippen LogP contribution in [0.5, 0.6) is 0 Å². The van der Waals surface area contributed by atoms with Crippen molar-refractivity contribution >= 4 is 34.3 Å². The molecule has 4 rings (SSSR count). The van der Waals surface area contributed by atoms with Crippen molar-refractivity contribution in [3.63, 3.8) is 0 Å². The summed E-state index contributed by atoms with van der Waals surface area (Å²) in [5, 5.41) is 37.2. The number of nitrogens with one attached hydrogen (secondary N) is 3. The number of nitrogens with zero attached hydrogens (tertiary/aromatic N) is 4. The summed E-state index contributed by atoms with van der Waals surface area (Å²) in [5.41, 5.74) is 3.59. The molecule has 11 nitrogen and oxygen atoms in total. The van der Waals surface area contributed by atoms with Gasteiger partial charge in [0.25, 0.3) is 0 Å². The van der Waals surface area contributed by atoms with E-state index < -0.39 is 12.3 Å². The predicted octanol–water partition coefficient (Wildman–Crippen LogP) is 4.85. The second-order valence-corrected chi connectivity index (χ2v) is 11.1. The highest BCUT2D eigenvalue weighted by atomic mass is 32.1. The molecule has 2 atom stereocenters. The van der Waals surface area contributed by atoms with E-state index in [1.54, 1.807) is 13.0 Å². The highest BCUT2D eigenvalue weighted by Gasteiger charge is 2.13. The molecule has 2 aromatic heterocycles. The minimum atomic E-state index is -0.726. The molecule has 2 heterocycles. The van der Waals surface area contributed by atoms with Gasteiger partial charge in [0.15, 0.2) is 5.82 Å². The molecule has 0 saturated heterocycles. The van der Waals surface area contributed by atoms with Gasteiger partial charge >= 0.3 is 6.09 Å². The van der Waals surface area contributed by atoms with Crippen molar-refractivity contribution in [2.24, 2.45) is 0 Å². The molecule has 43 heavy (non-hydrogen) atoms. The minimum Gasteiger partial charge on any atom is -0.450 e. The smallest absolute Gasteiger partial charge is 0.407 e. The van der Waals surface area contributed by atoms with Gasteiger partial charge in [-0.3, -0.25) is 4.79 Å². The van der Waals surface area contributed by atoms with Gasteiger partial charge in [0.2, 0.25) is 11.0 Å². The average molecular weight is 604 g/mol. The Hall–Kier alpha value is -4.42. The number of alkyl carbamates (subject to hydrolysis) is 1. The molecule has 0 aliphatic rings. The number of benzene rings is 2. The molecule has 12 heteroatoms. The lowest BCUT2D eigenvalue weighted by atomic mass is 10.0. The summed E-state index contributed by atoms with van der Waals surface area (Å²) < 4.78 is 4.93. The average Bonchev–Trinajstić information content (AvgIpc) is 3.43. The third kappa shape index (κ3) is 10.7. The van der Waals surface area contributed by atoms with Crippen molar-refractivity contribution in [3.8, 4) is 0 Å². The number of ether oxygens (including phenoxy) is 1. The zero-order chi connectivity index (χ0) is 30.4. The molecule has 0 aliphatic heterocycles. The van der Waals surface area contributed by atoms with Crippen LogP contribution >= 0.6 is 11.3 Å². The van der Waals surface area contributed by atoms with Gasteiger partial charge < -0.3 is 25.8 Å². The van der Waals surface area contributed by atoms with Crippen molar-refractivity contribution in [1.82, 2.24) is 25.7 Å². The molecule has 0 aliphatic carbocycles. The van der Waals surface area contributed by atoms with Crippen LogP contribution in [0.25, 0.3) is 0 Å². The predicted molar refractivity (Wildman–Crippen MR) is 166 cm³/mol. The first-order valence-corrected chi connectivity index (χ1v) is 15.1. The van der Waals surface area contributed by atoms with Crippen LogP contribution in [0.1, 0.15) is 60.1 Å². The van der Waals surface area contributed by atoms with Gasteiger partial charge in [-0.25, -0.2) is 4.79 Å². The van der Waals surface area contributed by atoms with Crippen molar-refractivity contribution < 1.29 is 19.4 Å². The lowest BCUT2D eigenvalue weighted by Gasteiger charge is -2.15. The number of hydrogen-bond acceptors (Lipinski definition) is 10. The first kappa shape index (κ1) is 31.5. The van der Waals surface area contributed by atoms with E-state index in [9.17, 15) is 14.7 Å². The quantitative estimate of drug-likeness (QED) is 0.110. The summed E-state index contributed by atoms with van der Waals surface area (Å²) in [6.45, 7) is 3.91. The normalized spacial score (nSPS) is 12.3. The fraction of sp³-hybridized carbons (Fsp3) is 0.355. The molecule has 0 saturated carbocycles. The molecule has 2 unspecified atom stereocenters. The maximum Gasteiger partial charge on any atom is 0.407 e. The van der Waals surface area contributed by atoms with Crippen LogP contribution in [0.15, 0.2) is 66.7 Å². The second-order valence-electron chi connectivity index (χ2n) is 10.0. The molecule has 0 radical (unpaired) electrons. The Kier molecular flexibility index (Phi) is 11.9. The van der Waals surface area contributed by atoms with Crippen LogP contribution in [0.2, 0.25) is 0 Å². The lowest BCUT2D eigenvalue weighted by molar-refractivity contribution is -0.115. The molecular weight excluding hydrogens is 566 g/mol. The van der Waals surface area contributed by atoms with Crippen LogP contribution in [-0.2, 0) is 35.2 Å². The van der Waals surface area contributed by atoms with E-state index in [0.717, 1.165) is 53.1 Å². The number of anilines is 2. The van der Waals surface area contributed by atoms with E-state index in [1.165, 1.54) is 11.3 Å². The number of aromatic nitrogens is 4. The lowest BCUT2D eigenvalue weighted by Crippen LogP contribution is -2.27. The Bertz CT molecular complexity index is 1450. The highest BCUT2D eigenvalue weighted by molar-refractivity contribution is 7.15. The number of carbonyl (C=O) groups excluding carboxylic acids is 2. The number of aliphatic hydroxyl groups is 1. The zero-order valence-corrected chi connectivity index (χ0v) is 25.1. The number of unbranched alkanes of at least 4 members (excludes halogenated alkanes) is 1. The molecule has 2 aromatic carbocycles. The van der Waals surface area contributed by atoms with Crippen molar-refractivity contribution in [1.29, 1.82) is 0 Å². The Balaban J connectivity index is 1.15. The SMILES string of the molecule is CCOC(=O)NC(C)c1cccc(CC(=O)Nc2ccc(CCCCc3nnc(NC(O)Cc4ccccc4)s3)nn2)c1. The number of hydrogen-bond donors (Lipinski definition) is 4. The first-order valence-electron chi connectivity index (χ1n) is 14.3. The molecule has 4 aromatic rings.